The Hall–Kier alpha value is -1.16. The van der Waals surface area contributed by atoms with Crippen LogP contribution in [0.1, 0.15) is 66.2 Å². The summed E-state index contributed by atoms with van der Waals surface area (Å²) in [5.74, 6) is -0.0116. The summed E-state index contributed by atoms with van der Waals surface area (Å²) in [6, 6.07) is 0.0565. The predicted molar refractivity (Wildman–Crippen MR) is 93.3 cm³/mol. The van der Waals surface area contributed by atoms with E-state index in [-0.39, 0.29) is 41.9 Å². The highest BCUT2D eigenvalue weighted by molar-refractivity contribution is 6.07. The fourth-order valence-corrected chi connectivity index (χ4v) is 4.98. The average molecular weight is 333 g/mol. The molecule has 0 radical (unpaired) electrons. The summed E-state index contributed by atoms with van der Waals surface area (Å²) >= 11 is 0. The van der Waals surface area contributed by atoms with Crippen molar-refractivity contribution < 1.29 is 14.3 Å². The van der Waals surface area contributed by atoms with E-state index in [9.17, 15) is 9.59 Å². The van der Waals surface area contributed by atoms with Crippen LogP contribution in [0.5, 0.6) is 0 Å². The second-order valence-electron chi connectivity index (χ2n) is 7.53. The molecule has 0 saturated carbocycles. The molecule has 0 aromatic carbocycles. The van der Waals surface area contributed by atoms with Gasteiger partial charge in [0.15, 0.2) is 0 Å². The van der Waals surface area contributed by atoms with E-state index in [0.717, 1.165) is 38.5 Å². The predicted octanol–water partition coefficient (Wildman–Crippen LogP) is 3.70. The van der Waals surface area contributed by atoms with E-state index in [2.05, 4.69) is 33.8 Å². The molecule has 3 aliphatic heterocycles. The zero-order valence-corrected chi connectivity index (χ0v) is 15.5. The smallest absolute Gasteiger partial charge is 0.236 e. The Bertz CT molecular complexity index is 541. The fraction of sp³-hybridized carbons (Fsp3) is 0.800. The van der Waals surface area contributed by atoms with E-state index < -0.39 is 0 Å². The standard InChI is InChI=1S/C20H31NO3/c1-5-9-12(7-3)14-11-15-16-17(18(14)24-15)20(23)21(19(16)22)13(8-4)10-6-2/h11-13,15-18H,5-10H2,1-4H3. The topological polar surface area (TPSA) is 46.6 Å². The Labute approximate surface area is 145 Å². The summed E-state index contributed by atoms with van der Waals surface area (Å²) in [5, 5.41) is 0. The van der Waals surface area contributed by atoms with Crippen LogP contribution < -0.4 is 0 Å². The van der Waals surface area contributed by atoms with E-state index in [1.54, 1.807) is 4.90 Å². The SMILES string of the molecule is CCCC(CC)C1=CC2OC1C1C(=O)N(C(CC)CCC)C(=O)C21. The Morgan fingerprint density at radius 1 is 1.00 bits per heavy atom. The molecule has 0 aromatic heterocycles. The molecule has 0 N–H and O–H groups in total. The second-order valence-corrected chi connectivity index (χ2v) is 7.53. The molecule has 4 heteroatoms. The minimum absolute atomic E-state index is 0.0108. The zero-order chi connectivity index (χ0) is 17.4. The van der Waals surface area contributed by atoms with Crippen molar-refractivity contribution in [3.05, 3.63) is 11.6 Å². The van der Waals surface area contributed by atoms with Gasteiger partial charge >= 0.3 is 0 Å². The lowest BCUT2D eigenvalue weighted by Crippen LogP contribution is -2.42. The van der Waals surface area contributed by atoms with Gasteiger partial charge in [-0.3, -0.25) is 14.5 Å². The Balaban J connectivity index is 1.84. The molecule has 4 nitrogen and oxygen atoms in total. The monoisotopic (exact) mass is 333 g/mol. The molecule has 134 valence electrons. The number of fused-ring (bicyclic) bond motifs is 5. The first kappa shape index (κ1) is 17.7. The lowest BCUT2D eigenvalue weighted by Gasteiger charge is -2.27. The van der Waals surface area contributed by atoms with Crippen LogP contribution in [0.4, 0.5) is 0 Å². The molecule has 6 unspecified atom stereocenters. The lowest BCUT2D eigenvalue weighted by atomic mass is 9.76. The van der Waals surface area contributed by atoms with Crippen LogP contribution in [0.3, 0.4) is 0 Å². The van der Waals surface area contributed by atoms with Crippen molar-refractivity contribution in [1.82, 2.24) is 4.90 Å². The maximum atomic E-state index is 13.1. The average Bonchev–Trinajstić information content (AvgIpc) is 3.23. The Morgan fingerprint density at radius 2 is 1.67 bits per heavy atom. The molecule has 2 saturated heterocycles. The van der Waals surface area contributed by atoms with Crippen LogP contribution in [0.2, 0.25) is 0 Å². The largest absolute Gasteiger partial charge is 0.365 e. The van der Waals surface area contributed by atoms with E-state index >= 15 is 0 Å². The lowest BCUT2D eigenvalue weighted by molar-refractivity contribution is -0.145. The highest BCUT2D eigenvalue weighted by Crippen LogP contribution is 2.51. The first-order valence-electron chi connectivity index (χ1n) is 9.82. The van der Waals surface area contributed by atoms with Crippen molar-refractivity contribution in [2.24, 2.45) is 17.8 Å². The number of ether oxygens (including phenoxy) is 1. The van der Waals surface area contributed by atoms with Gasteiger partial charge in [-0.15, -0.1) is 0 Å². The van der Waals surface area contributed by atoms with Gasteiger partial charge in [-0.05, 0) is 37.2 Å². The summed E-state index contributed by atoms with van der Waals surface area (Å²) in [6.07, 6.45) is 7.91. The summed E-state index contributed by atoms with van der Waals surface area (Å²) < 4.78 is 6.08. The van der Waals surface area contributed by atoms with Gasteiger partial charge in [0.05, 0.1) is 24.0 Å². The first-order chi connectivity index (χ1) is 11.6. The summed E-state index contributed by atoms with van der Waals surface area (Å²) in [4.78, 5) is 27.6. The van der Waals surface area contributed by atoms with Gasteiger partial charge in [0.25, 0.3) is 0 Å². The molecule has 6 atom stereocenters. The van der Waals surface area contributed by atoms with Gasteiger partial charge in [-0.25, -0.2) is 0 Å². The number of nitrogens with zero attached hydrogens (tertiary/aromatic N) is 1. The third kappa shape index (κ3) is 2.54. The van der Waals surface area contributed by atoms with Crippen LogP contribution in [0, 0.1) is 17.8 Å². The molecule has 24 heavy (non-hydrogen) atoms. The number of likely N-dealkylation sites (tertiary alicyclic amines) is 1. The summed E-state index contributed by atoms with van der Waals surface area (Å²) in [5.41, 5.74) is 1.29. The first-order valence-corrected chi connectivity index (χ1v) is 9.82. The van der Waals surface area contributed by atoms with Crippen molar-refractivity contribution in [1.29, 1.82) is 0 Å². The molecular weight excluding hydrogens is 302 g/mol. The number of imide groups is 1. The molecule has 0 aliphatic carbocycles. The number of carbonyl (C=O) groups excluding carboxylic acids is 2. The van der Waals surface area contributed by atoms with Gasteiger partial charge in [0, 0.05) is 6.04 Å². The number of hydrogen-bond acceptors (Lipinski definition) is 3. The van der Waals surface area contributed by atoms with Gasteiger partial charge in [-0.2, -0.15) is 0 Å². The van der Waals surface area contributed by atoms with Crippen molar-refractivity contribution >= 4 is 11.8 Å². The Morgan fingerprint density at radius 3 is 2.25 bits per heavy atom. The Kier molecular flexibility index (Phi) is 5.14. The molecular formula is C20H31NO3. The molecule has 3 aliphatic rings. The van der Waals surface area contributed by atoms with E-state index in [4.69, 9.17) is 4.74 Å². The maximum absolute atomic E-state index is 13.1. The van der Waals surface area contributed by atoms with Crippen LogP contribution in [0.15, 0.2) is 11.6 Å². The van der Waals surface area contributed by atoms with Crippen LogP contribution in [-0.2, 0) is 14.3 Å². The molecule has 2 fully saturated rings. The van der Waals surface area contributed by atoms with Crippen molar-refractivity contribution in [2.75, 3.05) is 0 Å². The molecule has 2 amide bonds. The number of hydrogen-bond donors (Lipinski definition) is 0. The van der Waals surface area contributed by atoms with Crippen molar-refractivity contribution in [2.45, 2.75) is 84.5 Å². The van der Waals surface area contributed by atoms with Crippen LogP contribution in [0.25, 0.3) is 0 Å². The molecule has 3 heterocycles. The maximum Gasteiger partial charge on any atom is 0.236 e. The van der Waals surface area contributed by atoms with E-state index in [1.807, 2.05) is 0 Å². The highest BCUT2D eigenvalue weighted by atomic mass is 16.5. The zero-order valence-electron chi connectivity index (χ0n) is 15.5. The minimum atomic E-state index is -0.267. The van der Waals surface area contributed by atoms with Gasteiger partial charge in [0.2, 0.25) is 11.8 Å². The number of amides is 2. The second kappa shape index (κ2) is 6.99. The highest BCUT2D eigenvalue weighted by Gasteiger charge is 2.63. The number of rotatable bonds is 8. The van der Waals surface area contributed by atoms with Gasteiger partial charge in [-0.1, -0.05) is 46.6 Å². The van der Waals surface area contributed by atoms with E-state index in [0.29, 0.717) is 5.92 Å². The van der Waals surface area contributed by atoms with Crippen LogP contribution in [-0.4, -0.2) is 35.0 Å². The molecule has 2 bridgehead atoms. The fourth-order valence-electron chi connectivity index (χ4n) is 4.98. The van der Waals surface area contributed by atoms with E-state index in [1.165, 1.54) is 5.57 Å². The van der Waals surface area contributed by atoms with Gasteiger partial charge in [0.1, 0.15) is 0 Å². The third-order valence-corrected chi connectivity index (χ3v) is 6.16. The van der Waals surface area contributed by atoms with Crippen molar-refractivity contribution in [3.8, 4) is 0 Å². The molecule has 0 aromatic rings. The molecule has 3 rings (SSSR count). The summed E-state index contributed by atoms with van der Waals surface area (Å²) in [7, 11) is 0. The third-order valence-electron chi connectivity index (χ3n) is 6.16. The summed E-state index contributed by atoms with van der Waals surface area (Å²) in [6.45, 7) is 8.57. The minimum Gasteiger partial charge on any atom is -0.365 e. The van der Waals surface area contributed by atoms with Gasteiger partial charge < -0.3 is 4.74 Å². The normalized spacial score (nSPS) is 33.8. The van der Waals surface area contributed by atoms with Crippen LogP contribution >= 0.6 is 0 Å². The quantitative estimate of drug-likeness (QED) is 0.502. The molecule has 0 spiro atoms. The number of carbonyl (C=O) groups is 2. The van der Waals surface area contributed by atoms with Crippen molar-refractivity contribution in [3.63, 3.8) is 0 Å².